The molecule has 0 unspecified atom stereocenters. The third-order valence-electron chi connectivity index (χ3n) is 8.88. The van der Waals surface area contributed by atoms with Gasteiger partial charge in [-0.25, -0.2) is 4.39 Å². The van der Waals surface area contributed by atoms with Gasteiger partial charge in [0.1, 0.15) is 5.82 Å². The van der Waals surface area contributed by atoms with E-state index in [2.05, 4.69) is 56.0 Å². The van der Waals surface area contributed by atoms with Crippen molar-refractivity contribution >= 4 is 10.8 Å². The van der Waals surface area contributed by atoms with E-state index in [9.17, 15) is 0 Å². The number of hydrogen-bond acceptors (Lipinski definition) is 0. The minimum absolute atomic E-state index is 0.0564. The standard InChI is InChI=1S/C38H49F/c1-3-5-7-9-11-13-30-17-22-33(23-18-30)34-24-19-31(20-25-34)15-16-32-21-28-37-36(29-32)27-26-35(38(37)39)14-12-10-8-6-4-2/h19-21,24-30,33H,3-14,17-18,22-23H2,1-2H3. The molecule has 0 aromatic heterocycles. The van der Waals surface area contributed by atoms with Crippen LogP contribution in [-0.4, -0.2) is 0 Å². The van der Waals surface area contributed by atoms with Gasteiger partial charge in [-0.15, -0.1) is 0 Å². The molecule has 1 aliphatic carbocycles. The van der Waals surface area contributed by atoms with Gasteiger partial charge in [0.25, 0.3) is 0 Å². The zero-order chi connectivity index (χ0) is 27.3. The molecule has 1 aliphatic rings. The molecule has 39 heavy (non-hydrogen) atoms. The second-order valence-corrected chi connectivity index (χ2v) is 11.9. The number of aryl methyl sites for hydroxylation is 1. The second-order valence-electron chi connectivity index (χ2n) is 11.9. The molecule has 4 rings (SSSR count). The van der Waals surface area contributed by atoms with Crippen LogP contribution in [0.1, 0.15) is 138 Å². The van der Waals surface area contributed by atoms with Gasteiger partial charge >= 0.3 is 0 Å². The fourth-order valence-corrected chi connectivity index (χ4v) is 6.33. The molecule has 0 heterocycles. The lowest BCUT2D eigenvalue weighted by atomic mass is 9.77. The third-order valence-corrected chi connectivity index (χ3v) is 8.88. The Bertz CT molecular complexity index is 1200. The number of hydrogen-bond donors (Lipinski definition) is 0. The van der Waals surface area contributed by atoms with Gasteiger partial charge in [-0.05, 0) is 91.1 Å². The maximum Gasteiger partial charge on any atom is 0.134 e. The van der Waals surface area contributed by atoms with Crippen molar-refractivity contribution in [2.45, 2.75) is 122 Å². The molecule has 0 amide bonds. The molecule has 1 heteroatoms. The van der Waals surface area contributed by atoms with Gasteiger partial charge in [0.2, 0.25) is 0 Å². The lowest BCUT2D eigenvalue weighted by Gasteiger charge is -2.29. The summed E-state index contributed by atoms with van der Waals surface area (Å²) < 4.78 is 15.1. The summed E-state index contributed by atoms with van der Waals surface area (Å²) in [6.07, 6.45) is 20.7. The molecule has 0 N–H and O–H groups in total. The highest BCUT2D eigenvalue weighted by molar-refractivity contribution is 5.85. The first-order chi connectivity index (χ1) is 19.2. The summed E-state index contributed by atoms with van der Waals surface area (Å²) in [6.45, 7) is 4.51. The van der Waals surface area contributed by atoms with Gasteiger partial charge in [-0.1, -0.05) is 120 Å². The van der Waals surface area contributed by atoms with Crippen molar-refractivity contribution in [1.29, 1.82) is 0 Å². The fraction of sp³-hybridized carbons (Fsp3) is 0.526. The number of unbranched alkanes of at least 4 members (excludes halogenated alkanes) is 8. The van der Waals surface area contributed by atoms with E-state index in [1.54, 1.807) is 0 Å². The van der Waals surface area contributed by atoms with Gasteiger partial charge < -0.3 is 0 Å². The van der Waals surface area contributed by atoms with Crippen molar-refractivity contribution in [1.82, 2.24) is 0 Å². The SMILES string of the molecule is CCCCCCCc1ccc2cc(C#Cc3ccc(C4CCC(CCCCCCC)CC4)cc3)ccc2c1F. The Labute approximate surface area is 237 Å². The Morgan fingerprint density at radius 3 is 2.03 bits per heavy atom. The molecular formula is C38H49F. The summed E-state index contributed by atoms with van der Waals surface area (Å²) in [5.41, 5.74) is 4.30. The maximum absolute atomic E-state index is 15.1. The molecule has 0 saturated heterocycles. The molecule has 0 nitrogen and oxygen atoms in total. The summed E-state index contributed by atoms with van der Waals surface area (Å²) in [5, 5.41) is 1.64. The highest BCUT2D eigenvalue weighted by Crippen LogP contribution is 2.37. The van der Waals surface area contributed by atoms with Crippen LogP contribution in [0.15, 0.2) is 54.6 Å². The average Bonchev–Trinajstić information content (AvgIpc) is 2.97. The molecule has 0 aliphatic heterocycles. The lowest BCUT2D eigenvalue weighted by molar-refractivity contribution is 0.302. The first-order valence-corrected chi connectivity index (χ1v) is 16.0. The molecular weight excluding hydrogens is 475 g/mol. The zero-order valence-electron chi connectivity index (χ0n) is 24.5. The van der Waals surface area contributed by atoms with Crippen LogP contribution in [0.2, 0.25) is 0 Å². The first-order valence-electron chi connectivity index (χ1n) is 16.0. The van der Waals surface area contributed by atoms with Crippen LogP contribution in [0.3, 0.4) is 0 Å². The van der Waals surface area contributed by atoms with Gasteiger partial charge in [0, 0.05) is 16.5 Å². The van der Waals surface area contributed by atoms with Crippen LogP contribution in [0.25, 0.3) is 10.8 Å². The Morgan fingerprint density at radius 1 is 0.667 bits per heavy atom. The Hall–Kier alpha value is -2.59. The molecule has 3 aromatic carbocycles. The predicted molar refractivity (Wildman–Crippen MR) is 167 cm³/mol. The van der Waals surface area contributed by atoms with Crippen LogP contribution in [0.5, 0.6) is 0 Å². The summed E-state index contributed by atoms with van der Waals surface area (Å²) >= 11 is 0. The minimum Gasteiger partial charge on any atom is -0.206 e. The van der Waals surface area contributed by atoms with Crippen molar-refractivity contribution in [2.24, 2.45) is 5.92 Å². The van der Waals surface area contributed by atoms with E-state index >= 15 is 4.39 Å². The Morgan fingerprint density at radius 2 is 1.31 bits per heavy atom. The summed E-state index contributed by atoms with van der Waals surface area (Å²) in [5.74, 6) is 8.23. The van der Waals surface area contributed by atoms with Gasteiger partial charge in [0.15, 0.2) is 0 Å². The largest absolute Gasteiger partial charge is 0.206 e. The molecule has 0 bridgehead atoms. The van der Waals surface area contributed by atoms with E-state index in [0.29, 0.717) is 11.3 Å². The monoisotopic (exact) mass is 524 g/mol. The van der Waals surface area contributed by atoms with E-state index in [0.717, 1.165) is 40.8 Å². The molecule has 1 saturated carbocycles. The maximum atomic E-state index is 15.1. The van der Waals surface area contributed by atoms with Gasteiger partial charge in [-0.2, -0.15) is 0 Å². The number of rotatable bonds is 13. The van der Waals surface area contributed by atoms with E-state index in [-0.39, 0.29) is 5.82 Å². The third kappa shape index (κ3) is 8.96. The quantitative estimate of drug-likeness (QED) is 0.154. The van der Waals surface area contributed by atoms with Crippen LogP contribution < -0.4 is 0 Å². The molecule has 3 aromatic rings. The summed E-state index contributed by atoms with van der Waals surface area (Å²) in [7, 11) is 0. The van der Waals surface area contributed by atoms with Crippen molar-refractivity contribution in [3.8, 4) is 11.8 Å². The number of halogens is 1. The average molecular weight is 525 g/mol. The Balaban J connectivity index is 1.29. The van der Waals surface area contributed by atoms with Crippen molar-refractivity contribution in [3.63, 3.8) is 0 Å². The summed E-state index contributed by atoms with van der Waals surface area (Å²) in [4.78, 5) is 0. The smallest absolute Gasteiger partial charge is 0.134 e. The molecule has 1 fully saturated rings. The predicted octanol–water partition coefficient (Wildman–Crippen LogP) is 11.5. The normalized spacial score (nSPS) is 17.2. The molecule has 0 radical (unpaired) electrons. The van der Waals surface area contributed by atoms with Gasteiger partial charge in [0.05, 0.1) is 0 Å². The van der Waals surface area contributed by atoms with Crippen LogP contribution >= 0.6 is 0 Å². The first kappa shape index (κ1) is 29.4. The Kier molecular flexibility index (Phi) is 12.0. The van der Waals surface area contributed by atoms with Crippen molar-refractivity contribution in [3.05, 3.63) is 82.7 Å². The van der Waals surface area contributed by atoms with Crippen molar-refractivity contribution in [2.75, 3.05) is 0 Å². The van der Waals surface area contributed by atoms with Gasteiger partial charge in [-0.3, -0.25) is 0 Å². The summed E-state index contributed by atoms with van der Waals surface area (Å²) in [6, 6.07) is 18.8. The van der Waals surface area contributed by atoms with E-state index in [4.69, 9.17) is 0 Å². The highest BCUT2D eigenvalue weighted by Gasteiger charge is 2.22. The van der Waals surface area contributed by atoms with E-state index in [1.165, 1.54) is 95.5 Å². The second kappa shape index (κ2) is 15.9. The molecule has 208 valence electrons. The van der Waals surface area contributed by atoms with Crippen LogP contribution in [0.4, 0.5) is 4.39 Å². The lowest BCUT2D eigenvalue weighted by Crippen LogP contribution is -2.13. The van der Waals surface area contributed by atoms with E-state index < -0.39 is 0 Å². The number of benzene rings is 3. The van der Waals surface area contributed by atoms with Crippen LogP contribution in [0, 0.1) is 23.6 Å². The van der Waals surface area contributed by atoms with Crippen LogP contribution in [-0.2, 0) is 6.42 Å². The fourth-order valence-electron chi connectivity index (χ4n) is 6.33. The van der Waals surface area contributed by atoms with Crippen molar-refractivity contribution < 1.29 is 4.39 Å². The zero-order valence-corrected chi connectivity index (χ0v) is 24.5. The van der Waals surface area contributed by atoms with E-state index in [1.807, 2.05) is 24.3 Å². The minimum atomic E-state index is -0.0564. The topological polar surface area (TPSA) is 0 Å². The number of fused-ring (bicyclic) bond motifs is 1. The highest BCUT2D eigenvalue weighted by atomic mass is 19.1. The molecule has 0 atom stereocenters. The molecule has 0 spiro atoms.